The molecule has 0 spiro atoms. The highest BCUT2D eigenvalue weighted by atomic mass is 16.4. The van der Waals surface area contributed by atoms with Crippen LogP contribution in [0, 0.1) is 0 Å². The third-order valence-electron chi connectivity index (χ3n) is 5.59. The highest BCUT2D eigenvalue weighted by Gasteiger charge is 2.49. The van der Waals surface area contributed by atoms with Crippen LogP contribution in [0.3, 0.4) is 0 Å². The molecule has 0 aliphatic carbocycles. The molecule has 6 heteroatoms. The number of amides is 1. The van der Waals surface area contributed by atoms with Gasteiger partial charge in [0.05, 0.1) is 11.1 Å². The van der Waals surface area contributed by atoms with E-state index in [1.165, 1.54) is 17.2 Å². The summed E-state index contributed by atoms with van der Waals surface area (Å²) in [4.78, 5) is 29.7. The zero-order chi connectivity index (χ0) is 17.3. The molecule has 0 radical (unpaired) electrons. The van der Waals surface area contributed by atoms with Crippen molar-refractivity contribution in [3.05, 3.63) is 58.7 Å². The number of nitrogens with zero attached hydrogens (tertiary/aromatic N) is 1. The monoisotopic (exact) mass is 336 g/mol. The summed E-state index contributed by atoms with van der Waals surface area (Å²) >= 11 is 0. The molecule has 0 bridgehead atoms. The Hall–Kier alpha value is -3.02. The number of carbonyl (C=O) groups is 2. The van der Waals surface area contributed by atoms with Crippen molar-refractivity contribution in [2.24, 2.45) is 0 Å². The van der Waals surface area contributed by atoms with Crippen molar-refractivity contribution >= 4 is 22.8 Å². The second kappa shape index (κ2) is 4.53. The minimum absolute atomic E-state index is 0.0514. The molecular formula is C19H16N2O4. The number of fused-ring (bicyclic) bond motifs is 6. The molecule has 2 N–H and O–H groups in total. The normalized spacial score (nSPS) is 21.8. The van der Waals surface area contributed by atoms with Crippen LogP contribution in [-0.4, -0.2) is 33.4 Å². The summed E-state index contributed by atoms with van der Waals surface area (Å²) in [6.45, 7) is 2.58. The van der Waals surface area contributed by atoms with Crippen molar-refractivity contribution < 1.29 is 19.1 Å². The smallest absolute Gasteiger partial charge is 0.339 e. The van der Waals surface area contributed by atoms with Gasteiger partial charge >= 0.3 is 5.97 Å². The van der Waals surface area contributed by atoms with Crippen molar-refractivity contribution in [2.75, 3.05) is 6.54 Å². The number of aromatic amines is 1. The molecule has 3 aromatic rings. The maximum Gasteiger partial charge on any atom is 0.339 e. The van der Waals surface area contributed by atoms with E-state index >= 15 is 0 Å². The molecule has 0 fully saturated rings. The predicted molar refractivity (Wildman–Crippen MR) is 89.8 cm³/mol. The molecule has 0 saturated heterocycles. The number of hydrogen-bond donors (Lipinski definition) is 2. The van der Waals surface area contributed by atoms with Gasteiger partial charge in [0, 0.05) is 29.6 Å². The average molecular weight is 336 g/mol. The van der Waals surface area contributed by atoms with Crippen molar-refractivity contribution in [1.82, 2.24) is 9.88 Å². The Balaban J connectivity index is 1.73. The Morgan fingerprint density at radius 1 is 1.36 bits per heavy atom. The lowest BCUT2D eigenvalue weighted by Crippen LogP contribution is -2.55. The number of para-hydroxylation sites is 1. The molecule has 1 amide bonds. The van der Waals surface area contributed by atoms with Gasteiger partial charge in [-0.25, -0.2) is 4.79 Å². The lowest BCUT2D eigenvalue weighted by atomic mass is 9.79. The van der Waals surface area contributed by atoms with Crippen LogP contribution in [0.15, 0.2) is 34.9 Å². The van der Waals surface area contributed by atoms with Crippen LogP contribution in [0.4, 0.5) is 0 Å². The Morgan fingerprint density at radius 3 is 2.96 bits per heavy atom. The number of carbonyl (C=O) groups excluding carboxylic acids is 1. The first kappa shape index (κ1) is 14.3. The summed E-state index contributed by atoms with van der Waals surface area (Å²) in [6, 6.07) is 8.13. The van der Waals surface area contributed by atoms with Crippen LogP contribution in [-0.2, 0) is 18.4 Å². The van der Waals surface area contributed by atoms with Crippen LogP contribution in [0.1, 0.15) is 44.7 Å². The standard InChI is InChI=1S/C19H16N2O4/c1-19-8-14-15(12(9-25-14)18(23)24)17(22)21(19)7-6-11-10-4-2-3-5-13(10)20-16(11)19/h2-5,9,20H,6-8H2,1H3,(H,23,24). The fourth-order valence-electron chi connectivity index (χ4n) is 4.40. The highest BCUT2D eigenvalue weighted by molar-refractivity contribution is 6.06. The maximum atomic E-state index is 13.1. The number of benzene rings is 1. The molecule has 2 aromatic heterocycles. The van der Waals surface area contributed by atoms with Gasteiger partial charge in [0.15, 0.2) is 0 Å². The topological polar surface area (TPSA) is 86.5 Å². The molecule has 0 saturated carbocycles. The molecule has 5 rings (SSSR count). The first-order valence-electron chi connectivity index (χ1n) is 8.26. The molecule has 126 valence electrons. The van der Waals surface area contributed by atoms with Gasteiger partial charge in [-0.15, -0.1) is 0 Å². The molecule has 6 nitrogen and oxygen atoms in total. The van der Waals surface area contributed by atoms with E-state index in [1.54, 1.807) is 4.90 Å². The Kier molecular flexibility index (Phi) is 2.60. The summed E-state index contributed by atoms with van der Waals surface area (Å²) in [5, 5.41) is 10.5. The third kappa shape index (κ3) is 1.68. The second-order valence-corrected chi connectivity index (χ2v) is 6.93. The van der Waals surface area contributed by atoms with Gasteiger partial charge in [0.1, 0.15) is 17.6 Å². The van der Waals surface area contributed by atoms with Gasteiger partial charge in [-0.1, -0.05) is 18.2 Å². The average Bonchev–Trinajstić information content (AvgIpc) is 3.17. The van der Waals surface area contributed by atoms with Gasteiger partial charge in [0.2, 0.25) is 0 Å². The van der Waals surface area contributed by atoms with Crippen LogP contribution in [0.25, 0.3) is 10.9 Å². The Labute approximate surface area is 143 Å². The molecule has 2 aliphatic heterocycles. The number of aromatic carboxylic acids is 1. The molecule has 2 aliphatic rings. The minimum Gasteiger partial charge on any atom is -0.478 e. The van der Waals surface area contributed by atoms with Crippen molar-refractivity contribution in [1.29, 1.82) is 0 Å². The number of H-pyrrole nitrogens is 1. The van der Waals surface area contributed by atoms with Crippen LogP contribution < -0.4 is 0 Å². The van der Waals surface area contributed by atoms with E-state index in [0.717, 1.165) is 17.6 Å². The van der Waals surface area contributed by atoms with E-state index in [4.69, 9.17) is 4.42 Å². The van der Waals surface area contributed by atoms with Crippen molar-refractivity contribution in [3.8, 4) is 0 Å². The number of aromatic nitrogens is 1. The Bertz CT molecular complexity index is 1060. The Morgan fingerprint density at radius 2 is 2.16 bits per heavy atom. The summed E-state index contributed by atoms with van der Waals surface area (Å²) in [6.07, 6.45) is 2.39. The summed E-state index contributed by atoms with van der Waals surface area (Å²) in [5.74, 6) is -0.947. The molecule has 1 unspecified atom stereocenters. The van der Waals surface area contributed by atoms with E-state index in [9.17, 15) is 14.7 Å². The SMILES string of the molecule is CC12Cc3occ(C(=O)O)c3C(=O)N1CCc1c2[nH]c2ccccc12. The number of carboxylic acids is 1. The summed E-state index contributed by atoms with van der Waals surface area (Å²) in [7, 11) is 0. The van der Waals surface area contributed by atoms with E-state index in [-0.39, 0.29) is 17.0 Å². The lowest BCUT2D eigenvalue weighted by molar-refractivity contribution is 0.0381. The number of rotatable bonds is 1. The van der Waals surface area contributed by atoms with Gasteiger partial charge < -0.3 is 19.4 Å². The van der Waals surface area contributed by atoms with Crippen LogP contribution >= 0.6 is 0 Å². The lowest BCUT2D eigenvalue weighted by Gasteiger charge is -2.47. The number of furan rings is 1. The quantitative estimate of drug-likeness (QED) is 0.715. The second-order valence-electron chi connectivity index (χ2n) is 6.93. The maximum absolute atomic E-state index is 13.1. The number of carboxylic acid groups (broad SMARTS) is 1. The van der Waals surface area contributed by atoms with Gasteiger partial charge in [-0.05, 0) is 25.0 Å². The van der Waals surface area contributed by atoms with Gasteiger partial charge in [-0.2, -0.15) is 0 Å². The summed E-state index contributed by atoms with van der Waals surface area (Å²) in [5.41, 5.74) is 2.89. The first-order chi connectivity index (χ1) is 12.0. The van der Waals surface area contributed by atoms with E-state index < -0.39 is 11.5 Å². The van der Waals surface area contributed by atoms with E-state index in [0.29, 0.717) is 18.7 Å². The highest BCUT2D eigenvalue weighted by Crippen LogP contribution is 2.45. The summed E-state index contributed by atoms with van der Waals surface area (Å²) < 4.78 is 5.48. The van der Waals surface area contributed by atoms with Crippen LogP contribution in [0.5, 0.6) is 0 Å². The van der Waals surface area contributed by atoms with E-state index in [2.05, 4.69) is 11.1 Å². The first-order valence-corrected chi connectivity index (χ1v) is 8.26. The fraction of sp³-hybridized carbons (Fsp3) is 0.263. The molecule has 1 aromatic carbocycles. The fourth-order valence-corrected chi connectivity index (χ4v) is 4.40. The van der Waals surface area contributed by atoms with Crippen LogP contribution in [0.2, 0.25) is 0 Å². The molecular weight excluding hydrogens is 320 g/mol. The molecule has 25 heavy (non-hydrogen) atoms. The van der Waals surface area contributed by atoms with E-state index in [1.807, 2.05) is 25.1 Å². The zero-order valence-electron chi connectivity index (χ0n) is 13.6. The van der Waals surface area contributed by atoms with Crippen molar-refractivity contribution in [3.63, 3.8) is 0 Å². The molecule has 4 heterocycles. The number of hydrogen-bond acceptors (Lipinski definition) is 3. The zero-order valence-corrected chi connectivity index (χ0v) is 13.6. The largest absolute Gasteiger partial charge is 0.478 e. The molecule has 1 atom stereocenters. The number of nitrogens with one attached hydrogen (secondary N) is 1. The van der Waals surface area contributed by atoms with Crippen molar-refractivity contribution in [2.45, 2.75) is 25.3 Å². The third-order valence-corrected chi connectivity index (χ3v) is 5.59. The van der Waals surface area contributed by atoms with Gasteiger partial charge in [-0.3, -0.25) is 4.79 Å². The predicted octanol–water partition coefficient (Wildman–Crippen LogP) is 2.93. The minimum atomic E-state index is -1.13. The van der Waals surface area contributed by atoms with Gasteiger partial charge in [0.25, 0.3) is 5.91 Å².